The molecule has 1 unspecified atom stereocenters. The van der Waals surface area contributed by atoms with Gasteiger partial charge in [0, 0.05) is 87.8 Å². The van der Waals surface area contributed by atoms with Crippen LogP contribution in [0.1, 0.15) is 36.0 Å². The van der Waals surface area contributed by atoms with E-state index in [0.29, 0.717) is 40.2 Å². The number of nitrogens with one attached hydrogen (secondary N) is 1. The zero-order valence-corrected chi connectivity index (χ0v) is 28.4. The average molecular weight is 673 g/mol. The molecule has 1 atom stereocenters. The van der Waals surface area contributed by atoms with Gasteiger partial charge in [0.15, 0.2) is 0 Å². The zero-order valence-electron chi connectivity index (χ0n) is 28.4. The van der Waals surface area contributed by atoms with E-state index < -0.39 is 22.7 Å². The SMILES string of the molecule is CC(=O)N1C(=O)C(C(=C(Nc2ccc(N(C)C(=O)CCN3CCN(C)CC3)cc2)c2ccccc2)c2ccccc2)c2cc([N+](=O)[O-])ccc21. The second-order valence-electron chi connectivity index (χ2n) is 12.7. The lowest BCUT2D eigenvalue weighted by atomic mass is 9.84. The maximum Gasteiger partial charge on any atom is 0.269 e. The molecule has 2 aliphatic heterocycles. The lowest BCUT2D eigenvalue weighted by molar-refractivity contribution is -0.384. The van der Waals surface area contributed by atoms with Crippen LogP contribution in [-0.4, -0.2) is 79.3 Å². The molecule has 1 N–H and O–H groups in total. The van der Waals surface area contributed by atoms with Crippen LogP contribution in [0.25, 0.3) is 11.3 Å². The molecule has 0 bridgehead atoms. The highest BCUT2D eigenvalue weighted by molar-refractivity contribution is 6.26. The molecule has 4 aromatic rings. The van der Waals surface area contributed by atoms with Gasteiger partial charge in [-0.25, -0.2) is 4.90 Å². The van der Waals surface area contributed by atoms with Crippen LogP contribution in [0.3, 0.4) is 0 Å². The van der Waals surface area contributed by atoms with Crippen LogP contribution >= 0.6 is 0 Å². The molecule has 1 fully saturated rings. The zero-order chi connectivity index (χ0) is 35.4. The number of anilines is 3. The summed E-state index contributed by atoms with van der Waals surface area (Å²) >= 11 is 0. The van der Waals surface area contributed by atoms with Crippen LogP contribution in [0.2, 0.25) is 0 Å². The molecule has 6 rings (SSSR count). The normalized spacial score (nSPS) is 16.8. The Hall–Kier alpha value is -5.65. The highest BCUT2D eigenvalue weighted by atomic mass is 16.6. The van der Waals surface area contributed by atoms with Crippen LogP contribution in [0.5, 0.6) is 0 Å². The summed E-state index contributed by atoms with van der Waals surface area (Å²) in [7, 11) is 3.89. The average Bonchev–Trinajstić information content (AvgIpc) is 3.42. The van der Waals surface area contributed by atoms with Gasteiger partial charge in [0.05, 0.1) is 22.2 Å². The molecule has 0 radical (unpaired) electrons. The number of benzene rings is 4. The molecule has 0 aliphatic carbocycles. The number of hydrogen-bond acceptors (Lipinski definition) is 8. The van der Waals surface area contributed by atoms with Gasteiger partial charge in [-0.3, -0.25) is 24.5 Å². The van der Waals surface area contributed by atoms with E-state index in [1.807, 2.05) is 84.9 Å². The summed E-state index contributed by atoms with van der Waals surface area (Å²) in [4.78, 5) is 59.0. The van der Waals surface area contributed by atoms with Crippen LogP contribution in [0.15, 0.2) is 103 Å². The molecule has 11 heteroatoms. The number of carbonyl (C=O) groups is 3. The molecule has 2 heterocycles. The van der Waals surface area contributed by atoms with Gasteiger partial charge >= 0.3 is 0 Å². The van der Waals surface area contributed by atoms with E-state index in [2.05, 4.69) is 22.2 Å². The topological polar surface area (TPSA) is 119 Å². The van der Waals surface area contributed by atoms with Crippen LogP contribution in [0.4, 0.5) is 22.7 Å². The van der Waals surface area contributed by atoms with Crippen LogP contribution in [0, 0.1) is 10.1 Å². The van der Waals surface area contributed by atoms with Crippen molar-refractivity contribution in [1.82, 2.24) is 9.80 Å². The fourth-order valence-corrected chi connectivity index (χ4v) is 6.60. The van der Waals surface area contributed by atoms with Crippen LogP contribution in [-0.2, 0) is 14.4 Å². The van der Waals surface area contributed by atoms with Crippen molar-refractivity contribution in [2.45, 2.75) is 19.3 Å². The van der Waals surface area contributed by atoms with Crippen molar-refractivity contribution in [3.05, 3.63) is 130 Å². The van der Waals surface area contributed by atoms with Gasteiger partial charge in [-0.15, -0.1) is 0 Å². The van der Waals surface area contributed by atoms with Crippen molar-refractivity contribution >= 4 is 51.7 Å². The van der Waals surface area contributed by atoms with Gasteiger partial charge in [0.25, 0.3) is 5.69 Å². The van der Waals surface area contributed by atoms with Gasteiger partial charge in [0.2, 0.25) is 17.7 Å². The van der Waals surface area contributed by atoms with E-state index in [-0.39, 0.29) is 11.6 Å². The minimum atomic E-state index is -1.03. The smallest absolute Gasteiger partial charge is 0.269 e. The number of imide groups is 1. The van der Waals surface area contributed by atoms with E-state index >= 15 is 0 Å². The summed E-state index contributed by atoms with van der Waals surface area (Å²) in [6, 6.07) is 30.5. The Kier molecular flexibility index (Phi) is 10.2. The van der Waals surface area contributed by atoms with E-state index in [0.717, 1.165) is 48.9 Å². The van der Waals surface area contributed by atoms with E-state index in [4.69, 9.17) is 0 Å². The molecule has 256 valence electrons. The summed E-state index contributed by atoms with van der Waals surface area (Å²) in [6.07, 6.45) is 0.424. The number of hydrogen-bond donors (Lipinski definition) is 1. The number of non-ortho nitro benzene ring substituents is 1. The minimum absolute atomic E-state index is 0.0309. The summed E-state index contributed by atoms with van der Waals surface area (Å²) in [6.45, 7) is 5.94. The molecule has 50 heavy (non-hydrogen) atoms. The van der Waals surface area contributed by atoms with Gasteiger partial charge < -0.3 is 20.0 Å². The van der Waals surface area contributed by atoms with Crippen molar-refractivity contribution in [3.8, 4) is 0 Å². The third kappa shape index (κ3) is 7.19. The summed E-state index contributed by atoms with van der Waals surface area (Å²) in [5, 5.41) is 15.4. The summed E-state index contributed by atoms with van der Waals surface area (Å²) in [5.41, 5.74) is 4.62. The molecule has 1 saturated heterocycles. The number of likely N-dealkylation sites (N-methyl/N-ethyl adjacent to an activating group) is 1. The number of amides is 3. The number of rotatable bonds is 10. The third-order valence-electron chi connectivity index (χ3n) is 9.40. The first kappa shape index (κ1) is 34.2. The maximum absolute atomic E-state index is 14.3. The largest absolute Gasteiger partial charge is 0.355 e. The lowest BCUT2D eigenvalue weighted by Crippen LogP contribution is -2.45. The Bertz CT molecular complexity index is 1920. The Morgan fingerprint density at radius 3 is 2.10 bits per heavy atom. The molecule has 0 aromatic heterocycles. The van der Waals surface area contributed by atoms with E-state index in [1.54, 1.807) is 11.9 Å². The predicted octanol–water partition coefficient (Wildman–Crippen LogP) is 5.85. The van der Waals surface area contributed by atoms with Crippen molar-refractivity contribution in [1.29, 1.82) is 0 Å². The Morgan fingerprint density at radius 2 is 1.50 bits per heavy atom. The molecule has 3 amide bonds. The number of nitro benzene ring substituents is 1. The second-order valence-corrected chi connectivity index (χ2v) is 12.7. The molecule has 11 nitrogen and oxygen atoms in total. The highest BCUT2D eigenvalue weighted by Crippen LogP contribution is 2.48. The molecule has 4 aromatic carbocycles. The number of carbonyl (C=O) groups excluding carboxylic acids is 3. The number of piperazine rings is 1. The molecule has 0 saturated carbocycles. The third-order valence-corrected chi connectivity index (χ3v) is 9.40. The maximum atomic E-state index is 14.3. The fraction of sp³-hybridized carbons (Fsp3) is 0.256. The lowest BCUT2D eigenvalue weighted by Gasteiger charge is -2.32. The van der Waals surface area contributed by atoms with Gasteiger partial charge in [-0.1, -0.05) is 60.7 Å². The molecular weight excluding hydrogens is 632 g/mol. The van der Waals surface area contributed by atoms with Crippen molar-refractivity contribution < 1.29 is 19.3 Å². The van der Waals surface area contributed by atoms with Crippen LogP contribution < -0.4 is 15.1 Å². The minimum Gasteiger partial charge on any atom is -0.355 e. The van der Waals surface area contributed by atoms with Gasteiger partial charge in [0.1, 0.15) is 0 Å². The quantitative estimate of drug-likeness (QED) is 0.127. The first-order chi connectivity index (χ1) is 24.1. The summed E-state index contributed by atoms with van der Waals surface area (Å²) < 4.78 is 0. The first-order valence-corrected chi connectivity index (χ1v) is 16.6. The molecule has 0 spiro atoms. The Labute approximate surface area is 291 Å². The number of nitrogens with zero attached hydrogens (tertiary/aromatic N) is 5. The van der Waals surface area contributed by atoms with Crippen molar-refractivity contribution in [2.75, 3.05) is 61.9 Å². The Balaban J connectivity index is 1.38. The van der Waals surface area contributed by atoms with Gasteiger partial charge in [-0.05, 0) is 48.5 Å². The predicted molar refractivity (Wildman–Crippen MR) is 196 cm³/mol. The number of nitro groups is 1. The van der Waals surface area contributed by atoms with Crippen molar-refractivity contribution in [3.63, 3.8) is 0 Å². The highest BCUT2D eigenvalue weighted by Gasteiger charge is 2.44. The van der Waals surface area contributed by atoms with Gasteiger partial charge in [-0.2, -0.15) is 0 Å². The molecular formula is C39H40N6O5. The number of fused-ring (bicyclic) bond motifs is 1. The van der Waals surface area contributed by atoms with E-state index in [1.165, 1.54) is 25.1 Å². The molecule has 2 aliphatic rings. The Morgan fingerprint density at radius 1 is 0.880 bits per heavy atom. The second kappa shape index (κ2) is 14.9. The first-order valence-electron chi connectivity index (χ1n) is 16.6. The monoisotopic (exact) mass is 672 g/mol. The fourth-order valence-electron chi connectivity index (χ4n) is 6.60. The van der Waals surface area contributed by atoms with Crippen molar-refractivity contribution in [2.24, 2.45) is 0 Å². The van der Waals surface area contributed by atoms with E-state index in [9.17, 15) is 24.5 Å². The summed E-state index contributed by atoms with van der Waals surface area (Å²) in [5.74, 6) is -1.97. The standard InChI is InChI=1S/C39H40N6O5/c1-27(46)44-34-19-18-32(45(49)50)26-33(34)37(39(44)48)36(28-10-6-4-7-11-28)38(29-12-8-5-9-13-29)40-30-14-16-31(17-15-30)42(3)35(47)20-21-43-24-22-41(2)23-25-43/h4-19,26,37,40H,20-25H2,1-3H3.